The van der Waals surface area contributed by atoms with E-state index in [1.807, 2.05) is 0 Å². The zero-order valence-corrected chi connectivity index (χ0v) is 18.1. The van der Waals surface area contributed by atoms with Gasteiger partial charge in [-0.1, -0.05) is 34.8 Å². The van der Waals surface area contributed by atoms with Crippen LogP contribution in [0.4, 0.5) is 0 Å². The fourth-order valence-corrected chi connectivity index (χ4v) is 3.97. The van der Waals surface area contributed by atoms with Crippen molar-refractivity contribution in [3.05, 3.63) is 49.5 Å². The van der Waals surface area contributed by atoms with E-state index >= 15 is 0 Å². The molecule has 1 aliphatic heterocycles. The number of carbonyl (C=O) groups is 1. The molecule has 0 aliphatic carbocycles. The lowest BCUT2D eigenvalue weighted by molar-refractivity contribution is -0.135. The standard InChI is InChI=1S/C19H19Cl3N2O5/c1-27-11(7-16(25)28-2)10-29-15-8-12(13(20)9-14(15)21)17-18(22)23-5-3-4-6-24(23)19(17)26/h7-9H,3-6,10H2,1-2H3/b11-7+. The summed E-state index contributed by atoms with van der Waals surface area (Å²) in [6, 6.07) is 3.05. The van der Waals surface area contributed by atoms with Gasteiger partial charge in [-0.25, -0.2) is 9.48 Å². The first-order chi connectivity index (χ1) is 13.9. The molecular weight excluding hydrogens is 443 g/mol. The number of rotatable bonds is 6. The molecule has 0 bridgehead atoms. The highest BCUT2D eigenvalue weighted by atomic mass is 35.5. The van der Waals surface area contributed by atoms with Gasteiger partial charge in [-0.3, -0.25) is 9.48 Å². The third-order valence-electron chi connectivity index (χ3n) is 4.57. The molecule has 0 spiro atoms. The molecule has 0 amide bonds. The van der Waals surface area contributed by atoms with Gasteiger partial charge >= 0.3 is 5.97 Å². The molecular formula is C19H19Cl3N2O5. The molecule has 2 heterocycles. The van der Waals surface area contributed by atoms with Crippen LogP contribution in [0.5, 0.6) is 5.75 Å². The number of methoxy groups -OCH3 is 2. The number of benzene rings is 1. The predicted octanol–water partition coefficient (Wildman–Crippen LogP) is 4.15. The van der Waals surface area contributed by atoms with E-state index in [1.165, 1.54) is 20.3 Å². The van der Waals surface area contributed by atoms with Gasteiger partial charge in [0.2, 0.25) is 0 Å². The van der Waals surface area contributed by atoms with Gasteiger partial charge in [-0.15, -0.1) is 0 Å². The number of halogens is 3. The van der Waals surface area contributed by atoms with E-state index in [0.29, 0.717) is 29.4 Å². The van der Waals surface area contributed by atoms with Crippen LogP contribution in [0.25, 0.3) is 11.1 Å². The minimum Gasteiger partial charge on any atom is -0.497 e. The summed E-state index contributed by atoms with van der Waals surface area (Å²) in [7, 11) is 2.66. The Balaban J connectivity index is 1.97. The van der Waals surface area contributed by atoms with Crippen LogP contribution in [0.1, 0.15) is 12.8 Å². The molecule has 0 unspecified atom stereocenters. The zero-order chi connectivity index (χ0) is 21.1. The maximum absolute atomic E-state index is 12.9. The van der Waals surface area contributed by atoms with Gasteiger partial charge in [-0.05, 0) is 25.0 Å². The van der Waals surface area contributed by atoms with Crippen molar-refractivity contribution in [3.8, 4) is 16.9 Å². The highest BCUT2D eigenvalue weighted by molar-refractivity contribution is 6.38. The second-order valence-corrected chi connectivity index (χ2v) is 7.49. The van der Waals surface area contributed by atoms with Crippen LogP contribution in [-0.2, 0) is 27.4 Å². The molecule has 0 fully saturated rings. The highest BCUT2D eigenvalue weighted by Gasteiger charge is 2.24. The van der Waals surface area contributed by atoms with Crippen LogP contribution in [0.15, 0.2) is 28.8 Å². The zero-order valence-electron chi connectivity index (χ0n) is 15.8. The number of hydrogen-bond donors (Lipinski definition) is 0. The molecule has 29 heavy (non-hydrogen) atoms. The van der Waals surface area contributed by atoms with Crippen molar-refractivity contribution in [2.45, 2.75) is 25.9 Å². The summed E-state index contributed by atoms with van der Waals surface area (Å²) in [6.07, 6.45) is 3.02. The Morgan fingerprint density at radius 1 is 1.07 bits per heavy atom. The van der Waals surface area contributed by atoms with E-state index in [9.17, 15) is 9.59 Å². The molecule has 1 aromatic heterocycles. The van der Waals surface area contributed by atoms with E-state index in [4.69, 9.17) is 44.3 Å². The van der Waals surface area contributed by atoms with Crippen molar-refractivity contribution in [1.29, 1.82) is 0 Å². The van der Waals surface area contributed by atoms with Crippen LogP contribution in [0.2, 0.25) is 15.2 Å². The average molecular weight is 462 g/mol. The lowest BCUT2D eigenvalue weighted by Gasteiger charge is -2.17. The summed E-state index contributed by atoms with van der Waals surface area (Å²) < 4.78 is 18.7. The van der Waals surface area contributed by atoms with Crippen molar-refractivity contribution < 1.29 is 19.0 Å². The maximum Gasteiger partial charge on any atom is 0.334 e. The summed E-state index contributed by atoms with van der Waals surface area (Å²) in [5.74, 6) is -0.0714. The lowest BCUT2D eigenvalue weighted by Crippen LogP contribution is -2.27. The van der Waals surface area contributed by atoms with Crippen molar-refractivity contribution in [3.63, 3.8) is 0 Å². The maximum atomic E-state index is 12.9. The number of fused-ring (bicyclic) bond motifs is 1. The number of esters is 1. The number of ether oxygens (including phenoxy) is 3. The molecule has 2 aromatic rings. The summed E-state index contributed by atoms with van der Waals surface area (Å²) >= 11 is 19.1. The number of nitrogens with zero attached hydrogens (tertiary/aromatic N) is 2. The molecule has 0 atom stereocenters. The van der Waals surface area contributed by atoms with Gasteiger partial charge in [0.1, 0.15) is 23.3 Å². The van der Waals surface area contributed by atoms with Crippen molar-refractivity contribution in [2.75, 3.05) is 20.8 Å². The van der Waals surface area contributed by atoms with E-state index in [1.54, 1.807) is 15.4 Å². The fourth-order valence-electron chi connectivity index (χ4n) is 3.08. The normalized spacial score (nSPS) is 13.8. The Kier molecular flexibility index (Phi) is 6.82. The summed E-state index contributed by atoms with van der Waals surface area (Å²) in [5.41, 5.74) is 0.511. The molecule has 0 saturated carbocycles. The molecule has 1 aliphatic rings. The van der Waals surface area contributed by atoms with Gasteiger partial charge in [0.15, 0.2) is 0 Å². The second-order valence-electron chi connectivity index (χ2n) is 6.31. The SMILES string of the molecule is COC(=O)/C=C(\COc1cc(-c2c(Cl)n3n(c2=O)CCCC3)c(Cl)cc1Cl)OC. The first-order valence-corrected chi connectivity index (χ1v) is 9.94. The molecule has 156 valence electrons. The summed E-state index contributed by atoms with van der Waals surface area (Å²) in [5, 5.41) is 0.850. The van der Waals surface area contributed by atoms with Crippen molar-refractivity contribution in [1.82, 2.24) is 9.36 Å². The van der Waals surface area contributed by atoms with E-state index in [2.05, 4.69) is 4.74 Å². The van der Waals surface area contributed by atoms with Gasteiger partial charge < -0.3 is 14.2 Å². The van der Waals surface area contributed by atoms with Crippen LogP contribution < -0.4 is 10.3 Å². The lowest BCUT2D eigenvalue weighted by atomic mass is 10.1. The molecule has 10 heteroatoms. The monoisotopic (exact) mass is 460 g/mol. The van der Waals surface area contributed by atoms with E-state index in [0.717, 1.165) is 18.9 Å². The number of hydrogen-bond acceptors (Lipinski definition) is 5. The predicted molar refractivity (Wildman–Crippen MR) is 111 cm³/mol. The largest absolute Gasteiger partial charge is 0.497 e. The highest BCUT2D eigenvalue weighted by Crippen LogP contribution is 2.39. The number of carbonyl (C=O) groups excluding carboxylic acids is 1. The Bertz CT molecular complexity index is 1030. The molecule has 0 saturated heterocycles. The Morgan fingerprint density at radius 3 is 2.38 bits per heavy atom. The van der Waals surface area contributed by atoms with Crippen LogP contribution >= 0.6 is 34.8 Å². The van der Waals surface area contributed by atoms with Gasteiger partial charge in [0.05, 0.1) is 35.9 Å². The second kappa shape index (κ2) is 9.15. The van der Waals surface area contributed by atoms with Crippen LogP contribution in [-0.4, -0.2) is 36.2 Å². The smallest absolute Gasteiger partial charge is 0.334 e. The van der Waals surface area contributed by atoms with Crippen LogP contribution in [0.3, 0.4) is 0 Å². The molecule has 0 radical (unpaired) electrons. The fraction of sp³-hybridized carbons (Fsp3) is 0.368. The van der Waals surface area contributed by atoms with Crippen LogP contribution in [0, 0.1) is 0 Å². The average Bonchev–Trinajstić information content (AvgIpc) is 2.97. The molecule has 0 N–H and O–H groups in total. The van der Waals surface area contributed by atoms with E-state index < -0.39 is 5.97 Å². The Labute approximate surface area is 182 Å². The van der Waals surface area contributed by atoms with Crippen molar-refractivity contribution in [2.24, 2.45) is 0 Å². The van der Waals surface area contributed by atoms with Gasteiger partial charge in [-0.2, -0.15) is 0 Å². The minimum absolute atomic E-state index is 0.0780. The van der Waals surface area contributed by atoms with E-state index in [-0.39, 0.29) is 33.7 Å². The summed E-state index contributed by atoms with van der Waals surface area (Å²) in [4.78, 5) is 24.3. The van der Waals surface area contributed by atoms with Gasteiger partial charge in [0, 0.05) is 18.7 Å². The summed E-state index contributed by atoms with van der Waals surface area (Å²) in [6.45, 7) is 1.19. The van der Waals surface area contributed by atoms with Crippen molar-refractivity contribution >= 4 is 40.8 Å². The van der Waals surface area contributed by atoms with Gasteiger partial charge in [0.25, 0.3) is 5.56 Å². The topological polar surface area (TPSA) is 71.7 Å². The molecule has 1 aromatic carbocycles. The molecule has 3 rings (SSSR count). The molecule has 7 nitrogen and oxygen atoms in total. The third-order valence-corrected chi connectivity index (χ3v) is 5.56. The Morgan fingerprint density at radius 2 is 1.76 bits per heavy atom. The minimum atomic E-state index is -0.576. The quantitative estimate of drug-likeness (QED) is 0.367. The first kappa shape index (κ1) is 21.6. The third kappa shape index (κ3) is 4.42. The number of aromatic nitrogens is 2. The first-order valence-electron chi connectivity index (χ1n) is 8.81. The Hall–Kier alpha value is -2.09.